The smallest absolute Gasteiger partial charge is 0.274 e. The van der Waals surface area contributed by atoms with Crippen LogP contribution in [-0.2, 0) is 14.4 Å². The topological polar surface area (TPSA) is 59.0 Å². The number of oxime groups is 1. The molecule has 0 unspecified atom stereocenters. The Morgan fingerprint density at radius 2 is 1.92 bits per heavy atom. The van der Waals surface area contributed by atoms with E-state index in [4.69, 9.17) is 4.84 Å². The van der Waals surface area contributed by atoms with E-state index >= 15 is 0 Å². The van der Waals surface area contributed by atoms with Gasteiger partial charge in [-0.15, -0.1) is 0 Å². The fourth-order valence-electron chi connectivity index (χ4n) is 3.35. The summed E-state index contributed by atoms with van der Waals surface area (Å²) in [5, 5.41) is 4.25. The molecule has 0 saturated carbocycles. The fraction of sp³-hybridized carbons (Fsp3) is 0.526. The molecule has 24 heavy (non-hydrogen) atoms. The molecular formula is C19H24N2O3. The number of rotatable bonds is 2. The standard InChI is InChI=1S/C19H24N2O3/c1-19(2,3)17-15(13-9-5-4-6-10-13)16(24-20-17)18(23)21-12-8-7-11-14(21)22/h4-6,9-10,15-16H,7-8,11-12H2,1-3H3/t15-,16+/m1/s1. The minimum absolute atomic E-state index is 0.106. The van der Waals surface area contributed by atoms with Crippen molar-refractivity contribution in [1.29, 1.82) is 0 Å². The number of amides is 2. The fourth-order valence-corrected chi connectivity index (χ4v) is 3.35. The number of carbonyl (C=O) groups excluding carboxylic acids is 2. The van der Waals surface area contributed by atoms with Gasteiger partial charge in [0.1, 0.15) is 0 Å². The molecule has 0 radical (unpaired) electrons. The summed E-state index contributed by atoms with van der Waals surface area (Å²) in [7, 11) is 0. The predicted molar refractivity (Wildman–Crippen MR) is 91.5 cm³/mol. The molecule has 128 valence electrons. The second kappa shape index (κ2) is 6.38. The zero-order valence-electron chi connectivity index (χ0n) is 14.5. The molecule has 2 atom stereocenters. The van der Waals surface area contributed by atoms with Gasteiger partial charge in [-0.3, -0.25) is 14.5 Å². The molecule has 3 rings (SSSR count). The van der Waals surface area contributed by atoms with Crippen molar-refractivity contribution in [1.82, 2.24) is 4.90 Å². The Bertz CT molecular complexity index is 661. The summed E-state index contributed by atoms with van der Waals surface area (Å²) in [6.07, 6.45) is 1.37. The highest BCUT2D eigenvalue weighted by Gasteiger charge is 2.47. The van der Waals surface area contributed by atoms with Crippen LogP contribution in [0, 0.1) is 5.41 Å². The Morgan fingerprint density at radius 1 is 1.21 bits per heavy atom. The lowest BCUT2D eigenvalue weighted by Crippen LogP contribution is -2.48. The van der Waals surface area contributed by atoms with Crippen LogP contribution in [-0.4, -0.2) is 35.1 Å². The first kappa shape index (κ1) is 16.7. The molecule has 5 heteroatoms. The summed E-state index contributed by atoms with van der Waals surface area (Å²) in [6, 6.07) is 9.80. The van der Waals surface area contributed by atoms with Gasteiger partial charge in [-0.2, -0.15) is 0 Å². The molecule has 2 heterocycles. The molecule has 1 fully saturated rings. The third-order valence-electron chi connectivity index (χ3n) is 4.62. The van der Waals surface area contributed by atoms with Crippen molar-refractivity contribution < 1.29 is 14.4 Å². The van der Waals surface area contributed by atoms with E-state index < -0.39 is 6.10 Å². The molecule has 1 aromatic rings. The van der Waals surface area contributed by atoms with Crippen LogP contribution >= 0.6 is 0 Å². The quantitative estimate of drug-likeness (QED) is 0.784. The number of benzene rings is 1. The summed E-state index contributed by atoms with van der Waals surface area (Å²) in [5.41, 5.74) is 1.62. The van der Waals surface area contributed by atoms with Crippen molar-refractivity contribution in [2.45, 2.75) is 52.1 Å². The van der Waals surface area contributed by atoms with Gasteiger partial charge in [-0.1, -0.05) is 56.3 Å². The van der Waals surface area contributed by atoms with Crippen LogP contribution < -0.4 is 0 Å². The van der Waals surface area contributed by atoms with Crippen LogP contribution in [0.5, 0.6) is 0 Å². The first-order chi connectivity index (χ1) is 11.4. The van der Waals surface area contributed by atoms with E-state index in [-0.39, 0.29) is 23.1 Å². The molecule has 0 aliphatic carbocycles. The number of nitrogens with zero attached hydrogens (tertiary/aromatic N) is 2. The number of likely N-dealkylation sites (tertiary alicyclic amines) is 1. The highest BCUT2D eigenvalue weighted by atomic mass is 16.6. The van der Waals surface area contributed by atoms with Gasteiger partial charge in [0, 0.05) is 18.4 Å². The Labute approximate surface area is 142 Å². The van der Waals surface area contributed by atoms with Gasteiger partial charge in [-0.05, 0) is 18.4 Å². The molecule has 0 spiro atoms. The van der Waals surface area contributed by atoms with Crippen LogP contribution in [0.3, 0.4) is 0 Å². The van der Waals surface area contributed by atoms with Crippen LogP contribution in [0.4, 0.5) is 0 Å². The number of hydrogen-bond donors (Lipinski definition) is 0. The Kier molecular flexibility index (Phi) is 4.43. The first-order valence-corrected chi connectivity index (χ1v) is 8.53. The number of carbonyl (C=O) groups is 2. The van der Waals surface area contributed by atoms with E-state index in [2.05, 4.69) is 25.9 Å². The largest absolute Gasteiger partial charge is 0.381 e. The van der Waals surface area contributed by atoms with Crippen LogP contribution in [0.25, 0.3) is 0 Å². The molecule has 2 aliphatic rings. The van der Waals surface area contributed by atoms with Crippen molar-refractivity contribution in [2.24, 2.45) is 10.6 Å². The Balaban J connectivity index is 1.93. The lowest BCUT2D eigenvalue weighted by atomic mass is 9.77. The van der Waals surface area contributed by atoms with Crippen molar-refractivity contribution in [3.05, 3.63) is 35.9 Å². The molecule has 2 aliphatic heterocycles. The van der Waals surface area contributed by atoms with Gasteiger partial charge in [0.2, 0.25) is 12.0 Å². The van der Waals surface area contributed by atoms with Gasteiger partial charge < -0.3 is 4.84 Å². The second-order valence-electron chi connectivity index (χ2n) is 7.48. The van der Waals surface area contributed by atoms with Crippen LogP contribution in [0.1, 0.15) is 51.5 Å². The molecule has 5 nitrogen and oxygen atoms in total. The van der Waals surface area contributed by atoms with Gasteiger partial charge in [0.05, 0.1) is 11.6 Å². The molecule has 0 aromatic heterocycles. The third kappa shape index (κ3) is 3.07. The van der Waals surface area contributed by atoms with E-state index in [1.807, 2.05) is 30.3 Å². The minimum atomic E-state index is -0.760. The minimum Gasteiger partial charge on any atom is -0.381 e. The average molecular weight is 328 g/mol. The SMILES string of the molecule is CC(C)(C)C1=NO[C@H](C(=O)N2CCCCC2=O)[C@H]1c1ccccc1. The lowest BCUT2D eigenvalue weighted by Gasteiger charge is -2.30. The summed E-state index contributed by atoms with van der Waals surface area (Å²) < 4.78 is 0. The van der Waals surface area contributed by atoms with Crippen molar-refractivity contribution >= 4 is 17.5 Å². The normalized spacial score (nSPS) is 24.5. The highest BCUT2D eigenvalue weighted by molar-refractivity contribution is 6.05. The van der Waals surface area contributed by atoms with E-state index in [1.165, 1.54) is 4.90 Å². The molecule has 1 aromatic carbocycles. The molecule has 1 saturated heterocycles. The number of piperidine rings is 1. The number of hydrogen-bond acceptors (Lipinski definition) is 4. The van der Waals surface area contributed by atoms with Crippen molar-refractivity contribution in [3.63, 3.8) is 0 Å². The zero-order chi connectivity index (χ0) is 17.3. The monoisotopic (exact) mass is 328 g/mol. The third-order valence-corrected chi connectivity index (χ3v) is 4.62. The highest BCUT2D eigenvalue weighted by Crippen LogP contribution is 2.38. The summed E-state index contributed by atoms with van der Waals surface area (Å²) >= 11 is 0. The molecule has 2 amide bonds. The van der Waals surface area contributed by atoms with Gasteiger partial charge >= 0.3 is 0 Å². The Morgan fingerprint density at radius 3 is 2.54 bits per heavy atom. The van der Waals surface area contributed by atoms with Crippen molar-refractivity contribution in [3.8, 4) is 0 Å². The van der Waals surface area contributed by atoms with Crippen LogP contribution in [0.2, 0.25) is 0 Å². The lowest BCUT2D eigenvalue weighted by molar-refractivity contribution is -0.153. The van der Waals surface area contributed by atoms with Crippen LogP contribution in [0.15, 0.2) is 35.5 Å². The Hall–Kier alpha value is -2.17. The zero-order valence-corrected chi connectivity index (χ0v) is 14.5. The summed E-state index contributed by atoms with van der Waals surface area (Å²) in [6.45, 7) is 6.65. The van der Waals surface area contributed by atoms with E-state index in [9.17, 15) is 9.59 Å². The van der Waals surface area contributed by atoms with Gasteiger partial charge in [0.25, 0.3) is 5.91 Å². The van der Waals surface area contributed by atoms with E-state index in [1.54, 1.807) is 0 Å². The predicted octanol–water partition coefficient (Wildman–Crippen LogP) is 3.11. The average Bonchev–Trinajstić information content (AvgIpc) is 3.01. The van der Waals surface area contributed by atoms with E-state index in [0.29, 0.717) is 13.0 Å². The maximum Gasteiger partial charge on any atom is 0.274 e. The molecule has 0 bridgehead atoms. The summed E-state index contributed by atoms with van der Waals surface area (Å²) in [4.78, 5) is 32.0. The maximum atomic E-state index is 13.0. The second-order valence-corrected chi connectivity index (χ2v) is 7.48. The number of imide groups is 1. The van der Waals surface area contributed by atoms with Gasteiger partial charge in [0.15, 0.2) is 0 Å². The summed E-state index contributed by atoms with van der Waals surface area (Å²) in [5.74, 6) is -0.629. The maximum absolute atomic E-state index is 13.0. The molecule has 0 N–H and O–H groups in total. The van der Waals surface area contributed by atoms with E-state index in [0.717, 1.165) is 24.1 Å². The molecular weight excluding hydrogens is 304 g/mol. The first-order valence-electron chi connectivity index (χ1n) is 8.53. The van der Waals surface area contributed by atoms with Gasteiger partial charge in [-0.25, -0.2) is 0 Å². The van der Waals surface area contributed by atoms with Crippen molar-refractivity contribution in [2.75, 3.05) is 6.54 Å².